The first-order chi connectivity index (χ1) is 8.45. The van der Waals surface area contributed by atoms with Crippen LogP contribution in [0.4, 0.5) is 15.8 Å². The first-order valence-corrected chi connectivity index (χ1v) is 5.27. The fraction of sp³-hybridized carbons (Fsp3) is 0.300. The molecule has 0 saturated carbocycles. The van der Waals surface area contributed by atoms with E-state index >= 15 is 0 Å². The zero-order valence-electron chi connectivity index (χ0n) is 9.41. The van der Waals surface area contributed by atoms with Crippen LogP contribution in [0.1, 0.15) is 6.42 Å². The number of nitro benzene ring substituents is 1. The molecule has 0 heterocycles. The summed E-state index contributed by atoms with van der Waals surface area (Å²) in [5.41, 5.74) is -0.392. The van der Waals surface area contributed by atoms with E-state index in [1.165, 1.54) is 7.11 Å². The number of rotatable bonds is 5. The van der Waals surface area contributed by atoms with Crippen LogP contribution >= 0.6 is 11.6 Å². The molecule has 1 aromatic carbocycles. The molecule has 1 aromatic rings. The molecular weight excluding hydrogens is 267 g/mol. The van der Waals surface area contributed by atoms with Gasteiger partial charge in [0.25, 0.3) is 5.69 Å². The minimum Gasteiger partial charge on any atom is -0.469 e. The average molecular weight is 277 g/mol. The summed E-state index contributed by atoms with van der Waals surface area (Å²) in [5.74, 6) is -1.33. The molecule has 1 N–H and O–H groups in total. The van der Waals surface area contributed by atoms with Crippen molar-refractivity contribution in [3.05, 3.63) is 33.1 Å². The van der Waals surface area contributed by atoms with Gasteiger partial charge in [-0.25, -0.2) is 4.39 Å². The van der Waals surface area contributed by atoms with Gasteiger partial charge in [-0.05, 0) is 6.07 Å². The van der Waals surface area contributed by atoms with E-state index in [-0.39, 0.29) is 23.7 Å². The van der Waals surface area contributed by atoms with Crippen molar-refractivity contribution in [1.82, 2.24) is 0 Å². The summed E-state index contributed by atoms with van der Waals surface area (Å²) in [6.07, 6.45) is 0.0304. The van der Waals surface area contributed by atoms with Crippen LogP contribution in [-0.4, -0.2) is 24.5 Å². The lowest BCUT2D eigenvalue weighted by Gasteiger charge is -2.07. The maximum atomic E-state index is 13.1. The highest BCUT2D eigenvalue weighted by atomic mass is 35.5. The van der Waals surface area contributed by atoms with E-state index in [2.05, 4.69) is 10.1 Å². The van der Waals surface area contributed by atoms with Crippen LogP contribution in [0.15, 0.2) is 12.1 Å². The molecule has 8 heteroatoms. The molecule has 0 aromatic heterocycles. The fourth-order valence-electron chi connectivity index (χ4n) is 1.23. The Hall–Kier alpha value is -1.89. The minimum atomic E-state index is -0.873. The second-order valence-corrected chi connectivity index (χ2v) is 3.70. The van der Waals surface area contributed by atoms with Crippen molar-refractivity contribution in [2.24, 2.45) is 0 Å². The molecule has 0 radical (unpaired) electrons. The van der Waals surface area contributed by atoms with Crippen LogP contribution in [0.5, 0.6) is 0 Å². The third-order valence-corrected chi connectivity index (χ3v) is 2.40. The Morgan fingerprint density at radius 2 is 2.28 bits per heavy atom. The van der Waals surface area contributed by atoms with E-state index in [0.717, 1.165) is 12.1 Å². The number of halogens is 2. The summed E-state index contributed by atoms with van der Waals surface area (Å²) in [4.78, 5) is 20.8. The Morgan fingerprint density at radius 1 is 1.61 bits per heavy atom. The number of benzene rings is 1. The third kappa shape index (κ3) is 3.56. The molecule has 0 atom stereocenters. The van der Waals surface area contributed by atoms with Crippen LogP contribution in [0.3, 0.4) is 0 Å². The lowest BCUT2D eigenvalue weighted by atomic mass is 10.2. The van der Waals surface area contributed by atoms with Gasteiger partial charge < -0.3 is 10.1 Å². The Bertz CT molecular complexity index is 481. The number of methoxy groups -OCH3 is 1. The normalized spacial score (nSPS) is 9.94. The van der Waals surface area contributed by atoms with Crippen LogP contribution in [0.2, 0.25) is 5.02 Å². The average Bonchev–Trinajstić information content (AvgIpc) is 2.32. The van der Waals surface area contributed by atoms with Gasteiger partial charge in [0.15, 0.2) is 0 Å². The van der Waals surface area contributed by atoms with Gasteiger partial charge in [-0.15, -0.1) is 0 Å². The van der Waals surface area contributed by atoms with Gasteiger partial charge >= 0.3 is 5.97 Å². The van der Waals surface area contributed by atoms with Crippen LogP contribution < -0.4 is 5.32 Å². The topological polar surface area (TPSA) is 81.5 Å². The number of ether oxygens (including phenoxy) is 1. The highest BCUT2D eigenvalue weighted by molar-refractivity contribution is 6.31. The monoisotopic (exact) mass is 276 g/mol. The summed E-state index contributed by atoms with van der Waals surface area (Å²) < 4.78 is 17.5. The number of nitro groups is 1. The lowest BCUT2D eigenvalue weighted by molar-refractivity contribution is -0.384. The predicted octanol–water partition coefficient (Wildman–Crippen LogP) is 2.36. The highest BCUT2D eigenvalue weighted by Gasteiger charge is 2.17. The summed E-state index contributed by atoms with van der Waals surface area (Å²) in [6.45, 7) is 0.121. The molecule has 98 valence electrons. The Kier molecular flexibility index (Phi) is 4.85. The summed E-state index contributed by atoms with van der Waals surface area (Å²) in [7, 11) is 1.24. The van der Waals surface area contributed by atoms with E-state index in [1.807, 2.05) is 0 Å². The Morgan fingerprint density at radius 3 is 2.83 bits per heavy atom. The van der Waals surface area contributed by atoms with Crippen molar-refractivity contribution in [1.29, 1.82) is 0 Å². The van der Waals surface area contributed by atoms with Crippen molar-refractivity contribution in [3.63, 3.8) is 0 Å². The van der Waals surface area contributed by atoms with Crippen molar-refractivity contribution in [2.45, 2.75) is 6.42 Å². The van der Waals surface area contributed by atoms with E-state index in [4.69, 9.17) is 11.6 Å². The van der Waals surface area contributed by atoms with Gasteiger partial charge in [-0.1, -0.05) is 11.6 Å². The molecular formula is C10H10ClFN2O4. The maximum Gasteiger partial charge on any atom is 0.307 e. The quantitative estimate of drug-likeness (QED) is 0.507. The smallest absolute Gasteiger partial charge is 0.307 e. The molecule has 0 fully saturated rings. The van der Waals surface area contributed by atoms with E-state index in [0.29, 0.717) is 0 Å². The number of carbonyl (C=O) groups is 1. The molecule has 0 bridgehead atoms. The number of carbonyl (C=O) groups excluding carboxylic acids is 1. The largest absolute Gasteiger partial charge is 0.469 e. The highest BCUT2D eigenvalue weighted by Crippen LogP contribution is 2.30. The van der Waals surface area contributed by atoms with Gasteiger partial charge in [0, 0.05) is 6.54 Å². The first kappa shape index (κ1) is 14.2. The molecule has 0 spiro atoms. The number of anilines is 1. The standard InChI is InChI=1S/C10H10ClFN2O4/c1-18-10(15)2-3-13-8-4-6(11)7(12)5-9(8)14(16)17/h4-5,13H,2-3H2,1H3. The van der Waals surface area contributed by atoms with E-state index < -0.39 is 22.4 Å². The minimum absolute atomic E-state index is 0.0304. The Labute approximate surface area is 107 Å². The Balaban J connectivity index is 2.83. The number of esters is 1. The molecule has 0 saturated heterocycles. The molecule has 0 amide bonds. The van der Waals surface area contributed by atoms with Crippen LogP contribution in [0, 0.1) is 15.9 Å². The lowest BCUT2D eigenvalue weighted by Crippen LogP contribution is -2.10. The molecule has 0 aliphatic heterocycles. The molecule has 18 heavy (non-hydrogen) atoms. The SMILES string of the molecule is COC(=O)CCNc1cc(Cl)c(F)cc1[N+](=O)[O-]. The van der Waals surface area contributed by atoms with E-state index in [1.54, 1.807) is 0 Å². The van der Waals surface area contributed by atoms with E-state index in [9.17, 15) is 19.3 Å². The number of nitrogens with one attached hydrogen (secondary N) is 1. The summed E-state index contributed by atoms with van der Waals surface area (Å²) in [6, 6.07) is 1.83. The van der Waals surface area contributed by atoms with Crippen molar-refractivity contribution < 1.29 is 18.8 Å². The van der Waals surface area contributed by atoms with Gasteiger partial charge in [-0.3, -0.25) is 14.9 Å². The zero-order valence-corrected chi connectivity index (χ0v) is 10.2. The molecule has 6 nitrogen and oxygen atoms in total. The van der Waals surface area contributed by atoms with Gasteiger partial charge in [0.05, 0.1) is 29.5 Å². The summed E-state index contributed by atoms with van der Waals surface area (Å²) >= 11 is 5.53. The molecule has 0 aliphatic carbocycles. The third-order valence-electron chi connectivity index (χ3n) is 2.11. The number of nitrogens with zero attached hydrogens (tertiary/aromatic N) is 1. The molecule has 0 unspecified atom stereocenters. The van der Waals surface area contributed by atoms with Gasteiger partial charge in [0.1, 0.15) is 11.5 Å². The first-order valence-electron chi connectivity index (χ1n) is 4.90. The van der Waals surface area contributed by atoms with Crippen LogP contribution in [0.25, 0.3) is 0 Å². The predicted molar refractivity (Wildman–Crippen MR) is 63.2 cm³/mol. The van der Waals surface area contributed by atoms with Crippen molar-refractivity contribution in [2.75, 3.05) is 19.0 Å². The molecule has 1 rings (SSSR count). The van der Waals surface area contributed by atoms with Crippen molar-refractivity contribution in [3.8, 4) is 0 Å². The van der Waals surface area contributed by atoms with Gasteiger partial charge in [-0.2, -0.15) is 0 Å². The summed E-state index contributed by atoms with van der Waals surface area (Å²) in [5, 5.41) is 13.1. The molecule has 0 aliphatic rings. The number of hydrogen-bond donors (Lipinski definition) is 1. The second-order valence-electron chi connectivity index (χ2n) is 3.29. The van der Waals surface area contributed by atoms with Crippen LogP contribution in [-0.2, 0) is 9.53 Å². The van der Waals surface area contributed by atoms with Crippen molar-refractivity contribution >= 4 is 28.9 Å². The second kappa shape index (κ2) is 6.15. The number of hydrogen-bond acceptors (Lipinski definition) is 5. The van der Waals surface area contributed by atoms with Gasteiger partial charge in [0.2, 0.25) is 0 Å². The maximum absolute atomic E-state index is 13.1. The zero-order chi connectivity index (χ0) is 13.7. The fourth-order valence-corrected chi connectivity index (χ4v) is 1.39.